The van der Waals surface area contributed by atoms with Crippen LogP contribution in [0.4, 0.5) is 0 Å². The highest BCUT2D eigenvalue weighted by Crippen LogP contribution is 2.51. The molecule has 124 valence electrons. The second-order valence-electron chi connectivity index (χ2n) is 6.88. The quantitative estimate of drug-likeness (QED) is 0.643. The van der Waals surface area contributed by atoms with Crippen molar-refractivity contribution in [3.05, 3.63) is 30.3 Å². The number of nitrogens with one attached hydrogen (secondary N) is 2. The molecule has 0 spiro atoms. The van der Waals surface area contributed by atoms with E-state index in [1.165, 1.54) is 30.6 Å². The Morgan fingerprint density at radius 2 is 2.13 bits per heavy atom. The molecular formula is C18H25N3OS. The van der Waals surface area contributed by atoms with Crippen molar-refractivity contribution in [2.75, 3.05) is 13.6 Å². The number of benzene rings is 1. The number of ether oxygens (including phenoxy) is 1. The van der Waals surface area contributed by atoms with Gasteiger partial charge >= 0.3 is 0 Å². The van der Waals surface area contributed by atoms with Gasteiger partial charge in [0.15, 0.2) is 5.96 Å². The Bertz CT molecular complexity index is 573. The molecule has 2 aliphatic heterocycles. The first kappa shape index (κ1) is 15.3. The molecule has 2 heterocycles. The molecule has 1 saturated carbocycles. The van der Waals surface area contributed by atoms with Crippen LogP contribution in [0.15, 0.2) is 40.2 Å². The van der Waals surface area contributed by atoms with Crippen LogP contribution in [0.1, 0.15) is 32.1 Å². The van der Waals surface area contributed by atoms with E-state index in [4.69, 9.17) is 4.74 Å². The second kappa shape index (κ2) is 6.36. The van der Waals surface area contributed by atoms with Crippen molar-refractivity contribution < 1.29 is 4.74 Å². The third-order valence-electron chi connectivity index (χ3n) is 5.11. The molecule has 2 N–H and O–H groups in total. The molecule has 23 heavy (non-hydrogen) atoms. The van der Waals surface area contributed by atoms with Gasteiger partial charge in [0.2, 0.25) is 0 Å². The summed E-state index contributed by atoms with van der Waals surface area (Å²) in [5, 5.41) is 7.11. The van der Waals surface area contributed by atoms with Gasteiger partial charge in [0.25, 0.3) is 0 Å². The summed E-state index contributed by atoms with van der Waals surface area (Å²) in [6.45, 7) is 0.966. The molecule has 3 unspecified atom stereocenters. The van der Waals surface area contributed by atoms with Gasteiger partial charge in [-0.2, -0.15) is 0 Å². The van der Waals surface area contributed by atoms with Gasteiger partial charge < -0.3 is 15.4 Å². The van der Waals surface area contributed by atoms with E-state index in [-0.39, 0.29) is 0 Å². The van der Waals surface area contributed by atoms with Gasteiger partial charge in [-0.3, -0.25) is 4.99 Å². The van der Waals surface area contributed by atoms with Crippen LogP contribution in [0.3, 0.4) is 0 Å². The Labute approximate surface area is 142 Å². The Morgan fingerprint density at radius 1 is 1.30 bits per heavy atom. The predicted octanol–water partition coefficient (Wildman–Crippen LogP) is 2.80. The first-order chi connectivity index (χ1) is 11.3. The van der Waals surface area contributed by atoms with E-state index >= 15 is 0 Å². The largest absolute Gasteiger partial charge is 0.373 e. The zero-order valence-electron chi connectivity index (χ0n) is 13.6. The third kappa shape index (κ3) is 3.50. The topological polar surface area (TPSA) is 45.7 Å². The standard InChI is InChI=1S/C18H25N3OS/c1-19-17(21-15-11-13-7-8-16(15)22-13)20-12-18(9-10-18)23-14-5-3-2-4-6-14/h2-6,13,15-16H,7-12H2,1H3,(H2,19,20,21). The molecule has 3 atom stereocenters. The molecule has 4 rings (SSSR count). The Balaban J connectivity index is 1.29. The van der Waals surface area contributed by atoms with Crippen LogP contribution in [0, 0.1) is 0 Å². The van der Waals surface area contributed by atoms with Gasteiger partial charge in [0.05, 0.1) is 18.2 Å². The predicted molar refractivity (Wildman–Crippen MR) is 95.1 cm³/mol. The van der Waals surface area contributed by atoms with Crippen LogP contribution < -0.4 is 10.6 Å². The summed E-state index contributed by atoms with van der Waals surface area (Å²) in [4.78, 5) is 5.76. The minimum absolute atomic E-state index is 0.337. The van der Waals surface area contributed by atoms with E-state index in [0.29, 0.717) is 23.0 Å². The van der Waals surface area contributed by atoms with Gasteiger partial charge in [-0.1, -0.05) is 18.2 Å². The summed E-state index contributed by atoms with van der Waals surface area (Å²) < 4.78 is 6.26. The van der Waals surface area contributed by atoms with Gasteiger partial charge in [-0.15, -0.1) is 11.8 Å². The number of thioether (sulfide) groups is 1. The fraction of sp³-hybridized carbons (Fsp3) is 0.611. The van der Waals surface area contributed by atoms with E-state index in [1.807, 2.05) is 18.8 Å². The van der Waals surface area contributed by atoms with Crippen molar-refractivity contribution in [1.82, 2.24) is 10.6 Å². The summed E-state index contributed by atoms with van der Waals surface area (Å²) in [5.74, 6) is 0.922. The van der Waals surface area contributed by atoms with Crippen LogP contribution in [-0.4, -0.2) is 42.5 Å². The summed E-state index contributed by atoms with van der Waals surface area (Å²) in [5.41, 5.74) is 0. The van der Waals surface area contributed by atoms with Crippen molar-refractivity contribution >= 4 is 17.7 Å². The van der Waals surface area contributed by atoms with Crippen molar-refractivity contribution in [3.8, 4) is 0 Å². The normalized spacial score (nSPS) is 31.2. The number of guanidine groups is 1. The van der Waals surface area contributed by atoms with Gasteiger partial charge in [-0.05, 0) is 44.2 Å². The first-order valence-corrected chi connectivity index (χ1v) is 9.45. The maximum Gasteiger partial charge on any atom is 0.191 e. The van der Waals surface area contributed by atoms with Crippen molar-refractivity contribution in [2.45, 2.75) is 60.0 Å². The van der Waals surface area contributed by atoms with E-state index in [1.54, 1.807) is 0 Å². The zero-order chi connectivity index (χ0) is 15.7. The lowest BCUT2D eigenvalue weighted by Gasteiger charge is -2.24. The maximum absolute atomic E-state index is 5.92. The zero-order valence-corrected chi connectivity index (χ0v) is 14.4. The monoisotopic (exact) mass is 331 g/mol. The molecule has 3 fully saturated rings. The molecule has 1 aromatic carbocycles. The Morgan fingerprint density at radius 3 is 2.74 bits per heavy atom. The highest BCUT2D eigenvalue weighted by Gasteiger charge is 2.44. The van der Waals surface area contributed by atoms with E-state index in [2.05, 4.69) is 46.0 Å². The van der Waals surface area contributed by atoms with Crippen molar-refractivity contribution in [1.29, 1.82) is 0 Å². The first-order valence-electron chi connectivity index (χ1n) is 8.63. The summed E-state index contributed by atoms with van der Waals surface area (Å²) in [6, 6.07) is 11.1. The number of hydrogen-bond acceptors (Lipinski definition) is 3. The molecule has 0 amide bonds. The van der Waals surface area contributed by atoms with Crippen LogP contribution in [0.5, 0.6) is 0 Å². The SMILES string of the molecule is CN=C(NCC1(Sc2ccccc2)CC1)NC1CC2CCC1O2. The molecular weight excluding hydrogens is 306 g/mol. The molecule has 0 aromatic heterocycles. The van der Waals surface area contributed by atoms with Gasteiger partial charge in [0, 0.05) is 23.2 Å². The summed E-state index contributed by atoms with van der Waals surface area (Å²) in [7, 11) is 1.85. The smallest absolute Gasteiger partial charge is 0.191 e. The summed E-state index contributed by atoms with van der Waals surface area (Å²) >= 11 is 1.99. The van der Waals surface area contributed by atoms with Gasteiger partial charge in [-0.25, -0.2) is 0 Å². The van der Waals surface area contributed by atoms with Crippen LogP contribution in [0.2, 0.25) is 0 Å². The van der Waals surface area contributed by atoms with E-state index in [0.717, 1.165) is 18.9 Å². The van der Waals surface area contributed by atoms with Crippen LogP contribution in [-0.2, 0) is 4.74 Å². The number of fused-ring (bicyclic) bond motifs is 2. The lowest BCUT2D eigenvalue weighted by molar-refractivity contribution is 0.0992. The number of aliphatic imine (C=N–C) groups is 1. The fourth-order valence-corrected chi connectivity index (χ4v) is 4.84. The molecule has 4 nitrogen and oxygen atoms in total. The Hall–Kier alpha value is -1.20. The van der Waals surface area contributed by atoms with Crippen LogP contribution in [0.25, 0.3) is 0 Å². The molecule has 3 aliphatic rings. The van der Waals surface area contributed by atoms with E-state index < -0.39 is 0 Å². The third-order valence-corrected chi connectivity index (χ3v) is 6.61. The molecule has 5 heteroatoms. The number of hydrogen-bond donors (Lipinski definition) is 2. The molecule has 2 bridgehead atoms. The Kier molecular flexibility index (Phi) is 4.24. The fourth-order valence-electron chi connectivity index (χ4n) is 3.60. The van der Waals surface area contributed by atoms with Gasteiger partial charge in [0.1, 0.15) is 0 Å². The average Bonchev–Trinajstić information content (AvgIpc) is 3.03. The minimum Gasteiger partial charge on any atom is -0.373 e. The average molecular weight is 331 g/mol. The molecule has 2 saturated heterocycles. The molecule has 1 aromatic rings. The summed E-state index contributed by atoms with van der Waals surface area (Å²) in [6.07, 6.45) is 6.93. The highest BCUT2D eigenvalue weighted by atomic mass is 32.2. The molecule has 1 aliphatic carbocycles. The lowest BCUT2D eigenvalue weighted by atomic mass is 9.96. The maximum atomic E-state index is 5.92. The van der Waals surface area contributed by atoms with Crippen LogP contribution >= 0.6 is 11.8 Å². The minimum atomic E-state index is 0.337. The lowest BCUT2D eigenvalue weighted by Crippen LogP contribution is -2.49. The highest BCUT2D eigenvalue weighted by molar-refractivity contribution is 8.01. The van der Waals surface area contributed by atoms with E-state index in [9.17, 15) is 0 Å². The van der Waals surface area contributed by atoms with Crippen molar-refractivity contribution in [2.24, 2.45) is 4.99 Å². The van der Waals surface area contributed by atoms with Crippen molar-refractivity contribution in [3.63, 3.8) is 0 Å². The second-order valence-corrected chi connectivity index (χ2v) is 8.43. The number of rotatable bonds is 5. The molecule has 0 radical (unpaired) electrons. The number of nitrogens with zero attached hydrogens (tertiary/aromatic N) is 1.